The number of carbonyl (C=O) groups excluding carboxylic acids is 1. The molecule has 1 rings (SSSR count). The second-order valence-corrected chi connectivity index (χ2v) is 5.17. The van der Waals surface area contributed by atoms with Gasteiger partial charge in [-0.05, 0) is 32.4 Å². The van der Waals surface area contributed by atoms with Crippen LogP contribution in [0.2, 0.25) is 0 Å². The molecule has 0 saturated heterocycles. The minimum Gasteiger partial charge on any atom is -0.401 e. The van der Waals surface area contributed by atoms with Gasteiger partial charge in [-0.1, -0.05) is 17.7 Å². The van der Waals surface area contributed by atoms with E-state index in [1.54, 1.807) is 6.92 Å². The van der Waals surface area contributed by atoms with Gasteiger partial charge < -0.3 is 5.73 Å². The van der Waals surface area contributed by atoms with Crippen molar-refractivity contribution in [1.82, 2.24) is 0 Å². The largest absolute Gasteiger partial charge is 0.401 e. The summed E-state index contributed by atoms with van der Waals surface area (Å²) in [6, 6.07) is 7.93. The Kier molecular flexibility index (Phi) is 4.99. The number of rotatable bonds is 4. The summed E-state index contributed by atoms with van der Waals surface area (Å²) in [5.74, 6) is 0.0175. The number of hydrogen-bond donors (Lipinski definition) is 1. The van der Waals surface area contributed by atoms with E-state index in [4.69, 9.17) is 11.0 Å². The molecule has 0 aliphatic heterocycles. The fourth-order valence-electron chi connectivity index (χ4n) is 1.55. The van der Waals surface area contributed by atoms with Crippen LogP contribution in [0.5, 0.6) is 0 Å². The molecule has 1 aromatic carbocycles. The van der Waals surface area contributed by atoms with Crippen molar-refractivity contribution in [2.45, 2.75) is 25.7 Å². The molecule has 94 valence electrons. The molecule has 0 heterocycles. The maximum atomic E-state index is 11.8. The van der Waals surface area contributed by atoms with Gasteiger partial charge >= 0.3 is 0 Å². The van der Waals surface area contributed by atoms with Crippen molar-refractivity contribution in [3.8, 4) is 6.07 Å². The maximum Gasteiger partial charge on any atom is 0.185 e. The fraction of sp³-hybridized carbons (Fsp3) is 0.286. The van der Waals surface area contributed by atoms with Crippen LogP contribution in [0.3, 0.4) is 0 Å². The standard InChI is InChI=1S/C14H16N2OS/c1-9-4-5-14(10(2)6-9)18-8-13(17)12(7-15)11(3)16/h4-6H,8,16H2,1-3H3/b12-11-. The van der Waals surface area contributed by atoms with E-state index in [0.29, 0.717) is 0 Å². The summed E-state index contributed by atoms with van der Waals surface area (Å²) in [6.45, 7) is 5.61. The van der Waals surface area contributed by atoms with Crippen LogP contribution in [0.1, 0.15) is 18.1 Å². The number of ketones is 1. The molecule has 0 fully saturated rings. The minimum atomic E-state index is -0.220. The number of benzene rings is 1. The SMILES string of the molecule is C/C(N)=C(\C#N)C(=O)CSc1ccc(C)cc1C. The lowest BCUT2D eigenvalue weighted by Gasteiger charge is -2.06. The second-order valence-electron chi connectivity index (χ2n) is 4.15. The lowest BCUT2D eigenvalue weighted by Crippen LogP contribution is -2.10. The van der Waals surface area contributed by atoms with E-state index in [2.05, 4.69) is 6.07 Å². The van der Waals surface area contributed by atoms with Gasteiger partial charge in [0, 0.05) is 10.6 Å². The first-order valence-corrected chi connectivity index (χ1v) is 6.54. The van der Waals surface area contributed by atoms with Gasteiger partial charge in [0.15, 0.2) is 5.78 Å². The maximum absolute atomic E-state index is 11.8. The molecule has 4 heteroatoms. The molecule has 0 atom stereocenters. The zero-order chi connectivity index (χ0) is 13.7. The topological polar surface area (TPSA) is 66.9 Å². The molecule has 0 aliphatic carbocycles. The van der Waals surface area contributed by atoms with Gasteiger partial charge in [-0.15, -0.1) is 11.8 Å². The van der Waals surface area contributed by atoms with E-state index < -0.39 is 0 Å². The zero-order valence-corrected chi connectivity index (χ0v) is 11.6. The highest BCUT2D eigenvalue weighted by Crippen LogP contribution is 2.24. The Labute approximate surface area is 112 Å². The van der Waals surface area contributed by atoms with Crippen molar-refractivity contribution in [1.29, 1.82) is 5.26 Å². The summed E-state index contributed by atoms with van der Waals surface area (Å²) in [4.78, 5) is 12.8. The number of nitrogens with two attached hydrogens (primary N) is 1. The Hall–Kier alpha value is -1.73. The van der Waals surface area contributed by atoms with Crippen molar-refractivity contribution in [2.24, 2.45) is 5.73 Å². The molecular formula is C14H16N2OS. The van der Waals surface area contributed by atoms with E-state index in [0.717, 1.165) is 10.5 Å². The van der Waals surface area contributed by atoms with E-state index in [1.165, 1.54) is 17.3 Å². The fourth-order valence-corrected chi connectivity index (χ4v) is 2.43. The normalized spacial score (nSPS) is 11.7. The Bertz CT molecular complexity index is 537. The quantitative estimate of drug-likeness (QED) is 0.513. The van der Waals surface area contributed by atoms with Crippen LogP contribution in [0, 0.1) is 25.2 Å². The first kappa shape index (κ1) is 14.3. The number of nitriles is 1. The van der Waals surface area contributed by atoms with Crippen LogP contribution in [0.25, 0.3) is 0 Å². The molecule has 1 aromatic rings. The van der Waals surface area contributed by atoms with Crippen molar-refractivity contribution < 1.29 is 4.79 Å². The highest BCUT2D eigenvalue weighted by molar-refractivity contribution is 8.00. The number of carbonyl (C=O) groups is 1. The molecule has 0 unspecified atom stereocenters. The summed E-state index contributed by atoms with van der Waals surface area (Å²) >= 11 is 1.43. The molecule has 0 saturated carbocycles. The average Bonchev–Trinajstić information content (AvgIpc) is 2.28. The van der Waals surface area contributed by atoms with Gasteiger partial charge in [0.1, 0.15) is 11.6 Å². The molecule has 0 aromatic heterocycles. The molecular weight excluding hydrogens is 244 g/mol. The van der Waals surface area contributed by atoms with Gasteiger partial charge in [-0.2, -0.15) is 5.26 Å². The molecule has 3 nitrogen and oxygen atoms in total. The predicted octanol–water partition coefficient (Wildman–Crippen LogP) is 2.72. The third-order valence-corrected chi connectivity index (χ3v) is 3.65. The Morgan fingerprint density at radius 1 is 1.44 bits per heavy atom. The van der Waals surface area contributed by atoms with Crippen LogP contribution in [0.15, 0.2) is 34.4 Å². The number of aryl methyl sites for hydroxylation is 2. The van der Waals surface area contributed by atoms with Gasteiger partial charge in [0.2, 0.25) is 0 Å². The number of hydrogen-bond acceptors (Lipinski definition) is 4. The summed E-state index contributed by atoms with van der Waals surface area (Å²) in [5, 5.41) is 8.84. The molecule has 2 N–H and O–H groups in total. The third kappa shape index (κ3) is 3.64. The Morgan fingerprint density at radius 3 is 2.61 bits per heavy atom. The lowest BCUT2D eigenvalue weighted by molar-refractivity contribution is -0.112. The van der Waals surface area contributed by atoms with Crippen LogP contribution in [0.4, 0.5) is 0 Å². The molecule has 0 radical (unpaired) electrons. The highest BCUT2D eigenvalue weighted by atomic mass is 32.2. The van der Waals surface area contributed by atoms with E-state index in [1.807, 2.05) is 32.0 Å². The summed E-state index contributed by atoms with van der Waals surface area (Å²) in [5.41, 5.74) is 8.17. The van der Waals surface area contributed by atoms with Crippen molar-refractivity contribution in [3.05, 3.63) is 40.6 Å². The third-order valence-electron chi connectivity index (χ3n) is 2.47. The molecule has 0 bridgehead atoms. The first-order valence-electron chi connectivity index (χ1n) is 5.55. The summed E-state index contributed by atoms with van der Waals surface area (Å²) in [6.07, 6.45) is 0. The number of Topliss-reactive ketones (excluding diaryl/α,β-unsaturated/α-hetero) is 1. The molecule has 0 spiro atoms. The van der Waals surface area contributed by atoms with E-state index in [-0.39, 0.29) is 22.8 Å². The molecule has 0 aliphatic rings. The highest BCUT2D eigenvalue weighted by Gasteiger charge is 2.12. The van der Waals surface area contributed by atoms with E-state index >= 15 is 0 Å². The van der Waals surface area contributed by atoms with Crippen LogP contribution >= 0.6 is 11.8 Å². The first-order chi connectivity index (χ1) is 8.45. The monoisotopic (exact) mass is 260 g/mol. The predicted molar refractivity (Wildman–Crippen MR) is 74.1 cm³/mol. The smallest absolute Gasteiger partial charge is 0.185 e. The van der Waals surface area contributed by atoms with Crippen LogP contribution in [-0.4, -0.2) is 11.5 Å². The van der Waals surface area contributed by atoms with Crippen molar-refractivity contribution in [2.75, 3.05) is 5.75 Å². The number of nitrogens with zero attached hydrogens (tertiary/aromatic N) is 1. The zero-order valence-electron chi connectivity index (χ0n) is 10.8. The summed E-state index contributed by atoms with van der Waals surface area (Å²) < 4.78 is 0. The van der Waals surface area contributed by atoms with Crippen LogP contribution < -0.4 is 5.73 Å². The van der Waals surface area contributed by atoms with Crippen molar-refractivity contribution >= 4 is 17.5 Å². The molecule has 18 heavy (non-hydrogen) atoms. The average molecular weight is 260 g/mol. The lowest BCUT2D eigenvalue weighted by atomic mass is 10.2. The van der Waals surface area contributed by atoms with Gasteiger partial charge in [0.25, 0.3) is 0 Å². The van der Waals surface area contributed by atoms with Crippen LogP contribution in [-0.2, 0) is 4.79 Å². The number of thioether (sulfide) groups is 1. The molecule has 0 amide bonds. The summed E-state index contributed by atoms with van der Waals surface area (Å²) in [7, 11) is 0. The van der Waals surface area contributed by atoms with Gasteiger partial charge in [0.05, 0.1) is 5.75 Å². The Balaban J connectivity index is 2.75. The second kappa shape index (κ2) is 6.27. The number of allylic oxidation sites excluding steroid dienone is 2. The Morgan fingerprint density at radius 2 is 2.11 bits per heavy atom. The van der Waals surface area contributed by atoms with Gasteiger partial charge in [-0.3, -0.25) is 4.79 Å². The minimum absolute atomic E-state index is 0.0623. The van der Waals surface area contributed by atoms with Gasteiger partial charge in [-0.25, -0.2) is 0 Å². The van der Waals surface area contributed by atoms with Crippen molar-refractivity contribution in [3.63, 3.8) is 0 Å². The van der Waals surface area contributed by atoms with E-state index in [9.17, 15) is 4.79 Å².